The zero-order chi connectivity index (χ0) is 20.1. The zero-order valence-electron chi connectivity index (χ0n) is 16.8. The third-order valence-corrected chi connectivity index (χ3v) is 5.15. The van der Waals surface area contributed by atoms with Crippen molar-refractivity contribution in [3.8, 4) is 5.75 Å². The van der Waals surface area contributed by atoms with E-state index in [9.17, 15) is 9.59 Å². The van der Waals surface area contributed by atoms with Gasteiger partial charge in [0.1, 0.15) is 11.3 Å². The van der Waals surface area contributed by atoms with E-state index in [1.54, 1.807) is 9.25 Å². The summed E-state index contributed by atoms with van der Waals surface area (Å²) in [5.74, 6) is -0.143. The summed E-state index contributed by atoms with van der Waals surface area (Å²) >= 11 is 0. The first-order chi connectivity index (χ1) is 13.5. The Kier molecular flexibility index (Phi) is 6.51. The van der Waals surface area contributed by atoms with Crippen LogP contribution in [0, 0.1) is 0 Å². The second kappa shape index (κ2) is 9.05. The van der Waals surface area contributed by atoms with Gasteiger partial charge in [-0.05, 0) is 24.9 Å². The van der Waals surface area contributed by atoms with E-state index in [0.717, 1.165) is 38.0 Å². The molecule has 0 saturated heterocycles. The molecule has 0 fully saturated rings. The summed E-state index contributed by atoms with van der Waals surface area (Å²) in [6.07, 6.45) is 5.98. The second-order valence-corrected chi connectivity index (χ2v) is 6.97. The van der Waals surface area contributed by atoms with Gasteiger partial charge < -0.3 is 18.9 Å². The second-order valence-electron chi connectivity index (χ2n) is 6.97. The van der Waals surface area contributed by atoms with Gasteiger partial charge in [-0.3, -0.25) is 9.48 Å². The van der Waals surface area contributed by atoms with Crippen LogP contribution in [0.25, 0.3) is 0 Å². The molecule has 0 spiro atoms. The van der Waals surface area contributed by atoms with Crippen LogP contribution in [0.5, 0.6) is 5.75 Å². The highest BCUT2D eigenvalue weighted by Crippen LogP contribution is 2.24. The highest BCUT2D eigenvalue weighted by Gasteiger charge is 2.25. The number of nitrogens with zero attached hydrogens (tertiary/aromatic N) is 4. The standard InChI is InChI=1S/C20H28N4O4/c1-4-23-8-7-16-19(20(26)27-3)17(12-18(25)24(16)10-9-23)28-11-5-6-15-13-21-22(2)14-15/h12-14H,4-11H2,1-3H3. The molecule has 28 heavy (non-hydrogen) atoms. The van der Waals surface area contributed by atoms with Crippen molar-refractivity contribution in [2.24, 2.45) is 7.05 Å². The number of carbonyl (C=O) groups excluding carboxylic acids is 1. The molecule has 3 heterocycles. The van der Waals surface area contributed by atoms with Crippen LogP contribution in [0.15, 0.2) is 23.3 Å². The van der Waals surface area contributed by atoms with Crippen LogP contribution >= 0.6 is 0 Å². The highest BCUT2D eigenvalue weighted by molar-refractivity contribution is 5.93. The lowest BCUT2D eigenvalue weighted by molar-refractivity contribution is 0.0593. The largest absolute Gasteiger partial charge is 0.492 e. The fourth-order valence-electron chi connectivity index (χ4n) is 3.60. The van der Waals surface area contributed by atoms with E-state index < -0.39 is 5.97 Å². The molecule has 0 N–H and O–H groups in total. The molecule has 0 saturated carbocycles. The molecule has 152 valence electrons. The van der Waals surface area contributed by atoms with E-state index in [2.05, 4.69) is 16.9 Å². The predicted octanol–water partition coefficient (Wildman–Crippen LogP) is 1.26. The number of likely N-dealkylation sites (N-methyl/N-ethyl adjacent to an activating group) is 1. The molecule has 3 rings (SSSR count). The maximum Gasteiger partial charge on any atom is 0.343 e. The van der Waals surface area contributed by atoms with Gasteiger partial charge in [0.15, 0.2) is 0 Å². The van der Waals surface area contributed by atoms with E-state index in [1.165, 1.54) is 13.2 Å². The fraction of sp³-hybridized carbons (Fsp3) is 0.550. The Morgan fingerprint density at radius 2 is 2.11 bits per heavy atom. The quantitative estimate of drug-likeness (QED) is 0.525. The molecule has 2 aromatic rings. The Balaban J connectivity index is 1.80. The minimum atomic E-state index is -0.462. The van der Waals surface area contributed by atoms with Crippen LogP contribution in [0.2, 0.25) is 0 Å². The molecule has 8 nitrogen and oxygen atoms in total. The molecule has 0 aliphatic carbocycles. The lowest BCUT2D eigenvalue weighted by Gasteiger charge is -2.17. The number of aromatic nitrogens is 3. The highest BCUT2D eigenvalue weighted by atomic mass is 16.5. The average Bonchev–Trinajstić information content (AvgIpc) is 2.98. The number of hydrogen-bond donors (Lipinski definition) is 0. The summed E-state index contributed by atoms with van der Waals surface area (Å²) in [5.41, 5.74) is 2.07. The van der Waals surface area contributed by atoms with Crippen molar-refractivity contribution in [1.82, 2.24) is 19.2 Å². The lowest BCUT2D eigenvalue weighted by atomic mass is 10.1. The van der Waals surface area contributed by atoms with Crippen LogP contribution < -0.4 is 10.3 Å². The number of methoxy groups -OCH3 is 1. The number of hydrogen-bond acceptors (Lipinski definition) is 6. The minimum Gasteiger partial charge on any atom is -0.492 e. The maximum atomic E-state index is 12.7. The van der Waals surface area contributed by atoms with E-state index in [1.807, 2.05) is 19.4 Å². The molecular formula is C20H28N4O4. The molecule has 0 atom stereocenters. The van der Waals surface area contributed by atoms with Crippen LogP contribution in [0.3, 0.4) is 0 Å². The average molecular weight is 388 g/mol. The van der Waals surface area contributed by atoms with Crippen molar-refractivity contribution in [3.05, 3.63) is 45.6 Å². The van der Waals surface area contributed by atoms with E-state index >= 15 is 0 Å². The molecule has 0 bridgehead atoms. The Labute approximate surface area is 164 Å². The van der Waals surface area contributed by atoms with E-state index in [-0.39, 0.29) is 5.56 Å². The first-order valence-corrected chi connectivity index (χ1v) is 9.71. The van der Waals surface area contributed by atoms with E-state index in [0.29, 0.717) is 36.6 Å². The summed E-state index contributed by atoms with van der Waals surface area (Å²) in [5, 5.41) is 4.15. The zero-order valence-corrected chi connectivity index (χ0v) is 16.8. The van der Waals surface area contributed by atoms with Crippen LogP contribution in [-0.4, -0.2) is 58.6 Å². The van der Waals surface area contributed by atoms with Gasteiger partial charge in [-0.1, -0.05) is 6.92 Å². The summed E-state index contributed by atoms with van der Waals surface area (Å²) in [7, 11) is 3.23. The summed E-state index contributed by atoms with van der Waals surface area (Å²) < 4.78 is 14.3. The molecular weight excluding hydrogens is 360 g/mol. The molecule has 0 radical (unpaired) electrons. The van der Waals surface area contributed by atoms with Crippen LogP contribution in [-0.2, 0) is 31.2 Å². The van der Waals surface area contributed by atoms with Gasteiger partial charge in [-0.15, -0.1) is 0 Å². The third kappa shape index (κ3) is 4.44. The number of aryl methyl sites for hydroxylation is 2. The van der Waals surface area contributed by atoms with Crippen LogP contribution in [0.1, 0.15) is 35.0 Å². The molecule has 2 aromatic heterocycles. The third-order valence-electron chi connectivity index (χ3n) is 5.15. The SMILES string of the molecule is CCN1CCc2c(C(=O)OC)c(OCCCc3cnn(C)c3)cc(=O)n2CC1. The smallest absolute Gasteiger partial charge is 0.343 e. The van der Waals surface area contributed by atoms with Gasteiger partial charge in [0.25, 0.3) is 5.56 Å². The normalized spacial score (nSPS) is 14.4. The number of ether oxygens (including phenoxy) is 2. The fourth-order valence-corrected chi connectivity index (χ4v) is 3.60. The topological polar surface area (TPSA) is 78.6 Å². The molecule has 1 aliphatic rings. The summed E-state index contributed by atoms with van der Waals surface area (Å²) in [4.78, 5) is 27.4. The summed E-state index contributed by atoms with van der Waals surface area (Å²) in [6, 6.07) is 1.42. The monoisotopic (exact) mass is 388 g/mol. The minimum absolute atomic E-state index is 0.136. The number of carbonyl (C=O) groups is 1. The van der Waals surface area contributed by atoms with Gasteiger partial charge in [0, 0.05) is 51.1 Å². The van der Waals surface area contributed by atoms with Crippen molar-refractivity contribution in [2.75, 3.05) is 33.4 Å². The maximum absolute atomic E-state index is 12.7. The predicted molar refractivity (Wildman–Crippen MR) is 105 cm³/mol. The Bertz CT molecular complexity index is 887. The molecule has 8 heteroatoms. The van der Waals surface area contributed by atoms with Gasteiger partial charge in [-0.25, -0.2) is 4.79 Å². The first kappa shape index (κ1) is 20.1. The Hall–Kier alpha value is -2.61. The molecule has 1 aliphatic heterocycles. The van der Waals surface area contributed by atoms with Gasteiger partial charge in [-0.2, -0.15) is 5.10 Å². The summed E-state index contributed by atoms with van der Waals surface area (Å²) in [6.45, 7) is 5.56. The van der Waals surface area contributed by atoms with Crippen molar-refractivity contribution >= 4 is 5.97 Å². The first-order valence-electron chi connectivity index (χ1n) is 9.71. The number of pyridine rings is 1. The van der Waals surface area contributed by atoms with Crippen molar-refractivity contribution in [1.29, 1.82) is 0 Å². The number of rotatable bonds is 7. The van der Waals surface area contributed by atoms with Crippen molar-refractivity contribution < 1.29 is 14.3 Å². The van der Waals surface area contributed by atoms with E-state index in [4.69, 9.17) is 9.47 Å². The van der Waals surface area contributed by atoms with Crippen molar-refractivity contribution in [3.63, 3.8) is 0 Å². The Morgan fingerprint density at radius 3 is 2.79 bits per heavy atom. The lowest BCUT2D eigenvalue weighted by Crippen LogP contribution is -2.29. The van der Waals surface area contributed by atoms with Gasteiger partial charge in [0.05, 0.1) is 19.9 Å². The molecule has 0 aromatic carbocycles. The van der Waals surface area contributed by atoms with Gasteiger partial charge >= 0.3 is 5.97 Å². The number of fused-ring (bicyclic) bond motifs is 1. The Morgan fingerprint density at radius 1 is 1.29 bits per heavy atom. The molecule has 0 amide bonds. The van der Waals surface area contributed by atoms with Gasteiger partial charge in [0.2, 0.25) is 0 Å². The van der Waals surface area contributed by atoms with Crippen LogP contribution in [0.4, 0.5) is 0 Å². The van der Waals surface area contributed by atoms with Crippen molar-refractivity contribution in [2.45, 2.75) is 32.7 Å². The molecule has 0 unspecified atom stereocenters. The number of esters is 1.